The fraction of sp³-hybridized carbons (Fsp3) is 0.714. The lowest BCUT2D eigenvalue weighted by molar-refractivity contribution is 0.326. The van der Waals surface area contributed by atoms with E-state index in [4.69, 9.17) is 10.5 Å². The zero-order chi connectivity index (χ0) is 13.5. The van der Waals surface area contributed by atoms with Gasteiger partial charge >= 0.3 is 0 Å². The molecular formula is C14H24N4O. The molecule has 1 saturated carbocycles. The van der Waals surface area contributed by atoms with Gasteiger partial charge in [-0.25, -0.2) is 4.98 Å². The molecule has 1 aliphatic carbocycles. The van der Waals surface area contributed by atoms with Crippen molar-refractivity contribution >= 4 is 5.95 Å². The van der Waals surface area contributed by atoms with Gasteiger partial charge in [-0.1, -0.05) is 12.8 Å². The number of hydrogen-bond acceptors (Lipinski definition) is 5. The number of rotatable bonds is 7. The molecule has 1 aromatic rings. The van der Waals surface area contributed by atoms with Gasteiger partial charge in [0, 0.05) is 24.8 Å². The maximum Gasteiger partial charge on any atom is 0.228 e. The standard InChI is InChI=1S/C14H24N4O/c1-2-19-13-8-10-16-14(17-13)18(11-5-9-15)12-6-3-4-7-12/h8,10,12H,2-7,9,11,15H2,1H3. The van der Waals surface area contributed by atoms with E-state index < -0.39 is 0 Å². The minimum atomic E-state index is 0.559. The second kappa shape index (κ2) is 7.28. The lowest BCUT2D eigenvalue weighted by Gasteiger charge is -2.29. The highest BCUT2D eigenvalue weighted by Crippen LogP contribution is 2.27. The number of nitrogens with zero attached hydrogens (tertiary/aromatic N) is 3. The summed E-state index contributed by atoms with van der Waals surface area (Å²) >= 11 is 0. The van der Waals surface area contributed by atoms with Crippen LogP contribution >= 0.6 is 0 Å². The van der Waals surface area contributed by atoms with Gasteiger partial charge in [0.05, 0.1) is 6.61 Å². The van der Waals surface area contributed by atoms with Gasteiger partial charge in [0.25, 0.3) is 0 Å². The van der Waals surface area contributed by atoms with E-state index in [2.05, 4.69) is 14.9 Å². The largest absolute Gasteiger partial charge is 0.478 e. The van der Waals surface area contributed by atoms with Crippen molar-refractivity contribution in [3.8, 4) is 5.88 Å². The second-order valence-electron chi connectivity index (χ2n) is 4.90. The summed E-state index contributed by atoms with van der Waals surface area (Å²) in [7, 11) is 0. The van der Waals surface area contributed by atoms with Crippen LogP contribution in [0.15, 0.2) is 12.3 Å². The molecule has 0 atom stereocenters. The molecule has 5 heteroatoms. The van der Waals surface area contributed by atoms with Gasteiger partial charge in [-0.3, -0.25) is 0 Å². The summed E-state index contributed by atoms with van der Waals surface area (Å²) in [5, 5.41) is 0. The van der Waals surface area contributed by atoms with Crippen LogP contribution < -0.4 is 15.4 Å². The maximum atomic E-state index is 5.64. The Balaban J connectivity index is 2.13. The summed E-state index contributed by atoms with van der Waals surface area (Å²) in [6.45, 7) is 4.22. The highest BCUT2D eigenvalue weighted by atomic mass is 16.5. The highest BCUT2D eigenvalue weighted by molar-refractivity contribution is 5.34. The Kier molecular flexibility index (Phi) is 5.39. The molecule has 19 heavy (non-hydrogen) atoms. The molecule has 0 spiro atoms. The summed E-state index contributed by atoms with van der Waals surface area (Å²) in [5.41, 5.74) is 5.64. The molecule has 1 heterocycles. The Morgan fingerprint density at radius 2 is 2.21 bits per heavy atom. The van der Waals surface area contributed by atoms with Crippen LogP contribution in [0.2, 0.25) is 0 Å². The van der Waals surface area contributed by atoms with Crippen LogP contribution in [-0.4, -0.2) is 35.7 Å². The van der Waals surface area contributed by atoms with Gasteiger partial charge in [0.2, 0.25) is 11.8 Å². The Labute approximate surface area is 115 Å². The third-order valence-electron chi connectivity index (χ3n) is 3.54. The van der Waals surface area contributed by atoms with E-state index in [0.29, 0.717) is 25.1 Å². The smallest absolute Gasteiger partial charge is 0.228 e. The highest BCUT2D eigenvalue weighted by Gasteiger charge is 2.24. The zero-order valence-corrected chi connectivity index (χ0v) is 11.7. The Morgan fingerprint density at radius 1 is 1.42 bits per heavy atom. The number of ether oxygens (including phenoxy) is 1. The molecule has 1 fully saturated rings. The van der Waals surface area contributed by atoms with Crippen molar-refractivity contribution in [2.75, 3.05) is 24.6 Å². The summed E-state index contributed by atoms with van der Waals surface area (Å²) in [5.74, 6) is 1.44. The molecule has 2 rings (SSSR count). The third-order valence-corrected chi connectivity index (χ3v) is 3.54. The van der Waals surface area contributed by atoms with E-state index in [1.54, 1.807) is 6.20 Å². The third kappa shape index (κ3) is 3.80. The molecule has 0 saturated heterocycles. The quantitative estimate of drug-likeness (QED) is 0.815. The van der Waals surface area contributed by atoms with Crippen molar-refractivity contribution in [3.05, 3.63) is 12.3 Å². The fourth-order valence-corrected chi connectivity index (χ4v) is 2.62. The molecule has 0 aliphatic heterocycles. The van der Waals surface area contributed by atoms with Crippen LogP contribution in [0.4, 0.5) is 5.95 Å². The first-order chi connectivity index (χ1) is 9.35. The SMILES string of the molecule is CCOc1ccnc(N(CCCN)C2CCCC2)n1. The molecule has 106 valence electrons. The predicted molar refractivity (Wildman–Crippen MR) is 76.5 cm³/mol. The summed E-state index contributed by atoms with van der Waals surface area (Å²) in [6.07, 6.45) is 7.81. The summed E-state index contributed by atoms with van der Waals surface area (Å²) < 4.78 is 5.46. The lowest BCUT2D eigenvalue weighted by atomic mass is 10.2. The first-order valence-electron chi connectivity index (χ1n) is 7.27. The van der Waals surface area contributed by atoms with E-state index in [1.165, 1.54) is 25.7 Å². The average Bonchev–Trinajstić information content (AvgIpc) is 2.94. The van der Waals surface area contributed by atoms with E-state index in [-0.39, 0.29) is 0 Å². The van der Waals surface area contributed by atoms with Crippen LogP contribution in [0.5, 0.6) is 5.88 Å². The topological polar surface area (TPSA) is 64.3 Å². The van der Waals surface area contributed by atoms with Crippen LogP contribution in [0.25, 0.3) is 0 Å². The van der Waals surface area contributed by atoms with Crippen molar-refractivity contribution in [1.82, 2.24) is 9.97 Å². The number of hydrogen-bond donors (Lipinski definition) is 1. The second-order valence-corrected chi connectivity index (χ2v) is 4.90. The monoisotopic (exact) mass is 264 g/mol. The molecule has 1 aliphatic rings. The molecule has 0 unspecified atom stereocenters. The molecule has 0 amide bonds. The predicted octanol–water partition coefficient (Wildman–Crippen LogP) is 1.97. The fourth-order valence-electron chi connectivity index (χ4n) is 2.62. The normalized spacial score (nSPS) is 15.7. The van der Waals surface area contributed by atoms with E-state index in [9.17, 15) is 0 Å². The van der Waals surface area contributed by atoms with Crippen LogP contribution in [0.1, 0.15) is 39.0 Å². The van der Waals surface area contributed by atoms with Crippen molar-refractivity contribution in [2.24, 2.45) is 5.73 Å². The van der Waals surface area contributed by atoms with Gasteiger partial charge in [0.1, 0.15) is 0 Å². The van der Waals surface area contributed by atoms with Crippen molar-refractivity contribution in [1.29, 1.82) is 0 Å². The maximum absolute atomic E-state index is 5.64. The van der Waals surface area contributed by atoms with Gasteiger partial charge in [0.15, 0.2) is 0 Å². The summed E-state index contributed by atoms with van der Waals surface area (Å²) in [4.78, 5) is 11.2. The van der Waals surface area contributed by atoms with Crippen molar-refractivity contribution in [3.63, 3.8) is 0 Å². The van der Waals surface area contributed by atoms with Gasteiger partial charge in [-0.2, -0.15) is 4.98 Å². The van der Waals surface area contributed by atoms with Crippen molar-refractivity contribution < 1.29 is 4.74 Å². The van der Waals surface area contributed by atoms with Crippen LogP contribution in [-0.2, 0) is 0 Å². The molecule has 2 N–H and O–H groups in total. The molecule has 5 nitrogen and oxygen atoms in total. The van der Waals surface area contributed by atoms with Gasteiger partial charge in [-0.05, 0) is 32.7 Å². The van der Waals surface area contributed by atoms with E-state index in [1.807, 2.05) is 13.0 Å². The summed E-state index contributed by atoms with van der Waals surface area (Å²) in [6, 6.07) is 2.37. The van der Waals surface area contributed by atoms with Crippen LogP contribution in [0.3, 0.4) is 0 Å². The number of aromatic nitrogens is 2. The Morgan fingerprint density at radius 3 is 2.89 bits per heavy atom. The molecule has 1 aromatic heterocycles. The molecule has 0 radical (unpaired) electrons. The van der Waals surface area contributed by atoms with Gasteiger partial charge < -0.3 is 15.4 Å². The van der Waals surface area contributed by atoms with Gasteiger partial charge in [-0.15, -0.1) is 0 Å². The first-order valence-corrected chi connectivity index (χ1v) is 7.27. The van der Waals surface area contributed by atoms with Crippen LogP contribution in [0, 0.1) is 0 Å². The zero-order valence-electron chi connectivity index (χ0n) is 11.7. The Bertz CT molecular complexity index is 379. The average molecular weight is 264 g/mol. The van der Waals surface area contributed by atoms with Crippen molar-refractivity contribution in [2.45, 2.75) is 45.1 Å². The number of anilines is 1. The van der Waals surface area contributed by atoms with E-state index in [0.717, 1.165) is 18.9 Å². The lowest BCUT2D eigenvalue weighted by Crippen LogP contribution is -2.36. The molecule has 0 bridgehead atoms. The molecule has 0 aromatic carbocycles. The minimum absolute atomic E-state index is 0.559. The molecular weight excluding hydrogens is 240 g/mol. The Hall–Kier alpha value is -1.36. The minimum Gasteiger partial charge on any atom is -0.478 e. The van der Waals surface area contributed by atoms with E-state index >= 15 is 0 Å². The number of nitrogens with two attached hydrogens (primary N) is 1. The first kappa shape index (κ1) is 14.1.